The standard InChI is InChI=1S/C20H22F3NO3S/c1-16-7-9-18(10-8-16)28(25,26)27-15-19(20(21,22)23)11-12-24(14-19)13-17-5-3-2-4-6-17/h2-10H,11-15H2,1H3. The molecular formula is C20H22F3NO3S. The van der Waals surface area contributed by atoms with Gasteiger partial charge in [-0.15, -0.1) is 0 Å². The van der Waals surface area contributed by atoms with Crippen LogP contribution in [0.3, 0.4) is 0 Å². The topological polar surface area (TPSA) is 46.6 Å². The van der Waals surface area contributed by atoms with Crippen LogP contribution in [0.15, 0.2) is 59.5 Å². The molecule has 4 nitrogen and oxygen atoms in total. The SMILES string of the molecule is Cc1ccc(S(=O)(=O)OCC2(C(F)(F)F)CCN(Cc3ccccc3)C2)cc1. The second-order valence-corrected chi connectivity index (χ2v) is 8.87. The van der Waals surface area contributed by atoms with Crippen molar-refractivity contribution < 1.29 is 25.8 Å². The van der Waals surface area contributed by atoms with Crippen molar-refractivity contribution in [1.29, 1.82) is 0 Å². The molecule has 0 radical (unpaired) electrons. The van der Waals surface area contributed by atoms with Gasteiger partial charge in [0, 0.05) is 13.1 Å². The van der Waals surface area contributed by atoms with Gasteiger partial charge in [-0.05, 0) is 37.6 Å². The molecule has 2 aromatic carbocycles. The number of nitrogens with zero attached hydrogens (tertiary/aromatic N) is 1. The summed E-state index contributed by atoms with van der Waals surface area (Å²) in [5.74, 6) is 0. The van der Waals surface area contributed by atoms with Gasteiger partial charge in [0.1, 0.15) is 5.41 Å². The third-order valence-electron chi connectivity index (χ3n) is 5.08. The van der Waals surface area contributed by atoms with E-state index in [4.69, 9.17) is 4.18 Å². The first kappa shape index (κ1) is 20.8. The van der Waals surface area contributed by atoms with Crippen molar-refractivity contribution in [2.75, 3.05) is 19.7 Å². The number of hydrogen-bond acceptors (Lipinski definition) is 4. The van der Waals surface area contributed by atoms with Gasteiger partial charge in [-0.3, -0.25) is 9.08 Å². The maximum absolute atomic E-state index is 13.9. The predicted molar refractivity (Wildman–Crippen MR) is 99.1 cm³/mol. The van der Waals surface area contributed by atoms with Crippen LogP contribution in [0.4, 0.5) is 13.2 Å². The molecule has 2 aromatic rings. The van der Waals surface area contributed by atoms with E-state index in [-0.39, 0.29) is 24.4 Å². The van der Waals surface area contributed by atoms with Crippen LogP contribution >= 0.6 is 0 Å². The third kappa shape index (κ3) is 4.56. The molecule has 0 spiro atoms. The fraction of sp³-hybridized carbons (Fsp3) is 0.400. The number of halogens is 3. The second kappa shape index (κ2) is 7.85. The van der Waals surface area contributed by atoms with Crippen molar-refractivity contribution in [2.24, 2.45) is 5.41 Å². The van der Waals surface area contributed by atoms with Gasteiger partial charge >= 0.3 is 6.18 Å². The zero-order valence-electron chi connectivity index (χ0n) is 15.4. The van der Waals surface area contributed by atoms with Crippen LogP contribution in [0, 0.1) is 12.3 Å². The Kier molecular flexibility index (Phi) is 5.84. The summed E-state index contributed by atoms with van der Waals surface area (Å²) in [4.78, 5) is 1.54. The Labute approximate surface area is 163 Å². The molecule has 1 aliphatic heterocycles. The molecule has 1 atom stereocenters. The summed E-state index contributed by atoms with van der Waals surface area (Å²) in [6.07, 6.45) is -4.77. The van der Waals surface area contributed by atoms with Crippen LogP contribution in [-0.4, -0.2) is 39.2 Å². The largest absolute Gasteiger partial charge is 0.398 e. The van der Waals surface area contributed by atoms with Crippen LogP contribution in [0.5, 0.6) is 0 Å². The highest BCUT2D eigenvalue weighted by Gasteiger charge is 2.58. The Morgan fingerprint density at radius 1 is 1.07 bits per heavy atom. The van der Waals surface area contributed by atoms with Crippen molar-refractivity contribution in [3.8, 4) is 0 Å². The highest BCUT2D eigenvalue weighted by atomic mass is 32.2. The van der Waals surface area contributed by atoms with E-state index in [1.54, 1.807) is 24.0 Å². The van der Waals surface area contributed by atoms with E-state index in [1.165, 1.54) is 12.1 Å². The minimum atomic E-state index is -4.57. The van der Waals surface area contributed by atoms with Gasteiger partial charge in [0.05, 0.1) is 11.5 Å². The molecule has 3 rings (SSSR count). The van der Waals surface area contributed by atoms with Gasteiger partial charge in [-0.25, -0.2) is 0 Å². The van der Waals surface area contributed by atoms with E-state index >= 15 is 0 Å². The van der Waals surface area contributed by atoms with Gasteiger partial charge in [0.25, 0.3) is 10.1 Å². The summed E-state index contributed by atoms with van der Waals surface area (Å²) in [7, 11) is -4.26. The maximum atomic E-state index is 13.9. The molecule has 1 unspecified atom stereocenters. The van der Waals surface area contributed by atoms with Gasteiger partial charge in [0.15, 0.2) is 0 Å². The zero-order chi connectivity index (χ0) is 20.4. The first-order chi connectivity index (χ1) is 13.1. The quantitative estimate of drug-likeness (QED) is 0.668. The van der Waals surface area contributed by atoms with Gasteiger partial charge < -0.3 is 0 Å². The normalized spacial score (nSPS) is 21.1. The highest BCUT2D eigenvalue weighted by molar-refractivity contribution is 7.86. The summed E-state index contributed by atoms with van der Waals surface area (Å²) < 4.78 is 71.1. The molecule has 0 N–H and O–H groups in total. The fourth-order valence-electron chi connectivity index (χ4n) is 3.33. The van der Waals surface area contributed by atoms with E-state index in [1.807, 2.05) is 30.3 Å². The molecule has 28 heavy (non-hydrogen) atoms. The van der Waals surface area contributed by atoms with Crippen molar-refractivity contribution >= 4 is 10.1 Å². The molecule has 1 heterocycles. The maximum Gasteiger partial charge on any atom is 0.398 e. The Bertz CT molecular complexity index is 899. The molecule has 152 valence electrons. The Hall–Kier alpha value is -1.90. The number of alkyl halides is 3. The summed E-state index contributed by atoms with van der Waals surface area (Å²) in [5.41, 5.74) is -0.453. The summed E-state index contributed by atoms with van der Waals surface area (Å²) in [6.45, 7) is 1.17. The van der Waals surface area contributed by atoms with E-state index in [0.29, 0.717) is 6.54 Å². The van der Waals surface area contributed by atoms with Gasteiger partial charge in [0.2, 0.25) is 0 Å². The molecule has 1 saturated heterocycles. The predicted octanol–water partition coefficient (Wildman–Crippen LogP) is 4.15. The lowest BCUT2D eigenvalue weighted by Gasteiger charge is -2.31. The lowest BCUT2D eigenvalue weighted by molar-refractivity contribution is -0.227. The van der Waals surface area contributed by atoms with E-state index < -0.39 is 28.3 Å². The van der Waals surface area contributed by atoms with Crippen molar-refractivity contribution in [3.63, 3.8) is 0 Å². The monoisotopic (exact) mass is 413 g/mol. The smallest absolute Gasteiger partial charge is 0.298 e. The highest BCUT2D eigenvalue weighted by Crippen LogP contribution is 2.46. The molecule has 8 heteroatoms. The van der Waals surface area contributed by atoms with Crippen LogP contribution < -0.4 is 0 Å². The fourth-order valence-corrected chi connectivity index (χ4v) is 4.32. The van der Waals surface area contributed by atoms with Crippen LogP contribution in [0.2, 0.25) is 0 Å². The molecule has 0 bridgehead atoms. The third-order valence-corrected chi connectivity index (χ3v) is 6.36. The Balaban J connectivity index is 1.73. The minimum absolute atomic E-state index is 0.144. The first-order valence-electron chi connectivity index (χ1n) is 8.90. The summed E-state index contributed by atoms with van der Waals surface area (Å²) in [5, 5.41) is 0. The lowest BCUT2D eigenvalue weighted by atomic mass is 9.87. The Morgan fingerprint density at radius 3 is 2.32 bits per heavy atom. The summed E-state index contributed by atoms with van der Waals surface area (Å²) >= 11 is 0. The molecule has 1 aliphatic rings. The molecule has 0 aliphatic carbocycles. The van der Waals surface area contributed by atoms with E-state index in [0.717, 1.165) is 11.1 Å². The lowest BCUT2D eigenvalue weighted by Crippen LogP contribution is -2.44. The van der Waals surface area contributed by atoms with Gasteiger partial charge in [-0.2, -0.15) is 21.6 Å². The van der Waals surface area contributed by atoms with Crippen molar-refractivity contribution in [2.45, 2.75) is 31.0 Å². The van der Waals surface area contributed by atoms with Crippen LogP contribution in [0.25, 0.3) is 0 Å². The van der Waals surface area contributed by atoms with Gasteiger partial charge in [-0.1, -0.05) is 48.0 Å². The number of benzene rings is 2. The summed E-state index contributed by atoms with van der Waals surface area (Å²) in [6, 6.07) is 15.0. The average molecular weight is 413 g/mol. The number of rotatable bonds is 6. The van der Waals surface area contributed by atoms with Crippen LogP contribution in [0.1, 0.15) is 17.5 Å². The first-order valence-corrected chi connectivity index (χ1v) is 10.3. The number of hydrogen-bond donors (Lipinski definition) is 0. The molecule has 0 saturated carbocycles. The number of aryl methyl sites for hydroxylation is 1. The Morgan fingerprint density at radius 2 is 1.71 bits per heavy atom. The van der Waals surface area contributed by atoms with E-state index in [9.17, 15) is 21.6 Å². The zero-order valence-corrected chi connectivity index (χ0v) is 16.3. The second-order valence-electron chi connectivity index (χ2n) is 7.25. The molecule has 0 aromatic heterocycles. The minimum Gasteiger partial charge on any atom is -0.298 e. The van der Waals surface area contributed by atoms with Crippen molar-refractivity contribution in [3.05, 3.63) is 65.7 Å². The molecule has 0 amide bonds. The van der Waals surface area contributed by atoms with Crippen LogP contribution in [-0.2, 0) is 20.8 Å². The molecule has 1 fully saturated rings. The van der Waals surface area contributed by atoms with Crippen molar-refractivity contribution in [1.82, 2.24) is 4.90 Å². The van der Waals surface area contributed by atoms with E-state index in [2.05, 4.69) is 0 Å². The molecular weight excluding hydrogens is 391 g/mol. The average Bonchev–Trinajstić information content (AvgIpc) is 3.06. The number of likely N-dealkylation sites (tertiary alicyclic amines) is 1.